The van der Waals surface area contributed by atoms with Gasteiger partial charge in [0, 0.05) is 12.0 Å². The lowest BCUT2D eigenvalue weighted by Crippen LogP contribution is -2.29. The highest BCUT2D eigenvalue weighted by Gasteiger charge is 2.27. The molecule has 1 amide bonds. The standard InChI is InChI=1S/C20H19N3O2/c1-12(15-9-6-13-4-2-3-5-16(13)10-15)21-20(25)17-11-18(24)23-19(22-17)14-7-8-14/h2-6,9-12,14H,7-8H2,1H3,(H,21,25)(H,22,23,24)/t12-/m1/s1. The number of aromatic amines is 1. The summed E-state index contributed by atoms with van der Waals surface area (Å²) in [5.41, 5.74) is 0.915. The Morgan fingerprint density at radius 1 is 1.16 bits per heavy atom. The van der Waals surface area contributed by atoms with Crippen molar-refractivity contribution in [2.75, 3.05) is 0 Å². The van der Waals surface area contributed by atoms with Crippen molar-refractivity contribution in [1.82, 2.24) is 15.3 Å². The van der Waals surface area contributed by atoms with Gasteiger partial charge in [-0.25, -0.2) is 4.98 Å². The molecular weight excluding hydrogens is 314 g/mol. The Bertz CT molecular complexity index is 1000. The molecule has 0 saturated heterocycles. The number of hydrogen-bond donors (Lipinski definition) is 2. The van der Waals surface area contributed by atoms with Crippen molar-refractivity contribution >= 4 is 16.7 Å². The maximum absolute atomic E-state index is 12.5. The van der Waals surface area contributed by atoms with Gasteiger partial charge in [0.05, 0.1) is 6.04 Å². The van der Waals surface area contributed by atoms with Crippen LogP contribution in [0.2, 0.25) is 0 Å². The van der Waals surface area contributed by atoms with Gasteiger partial charge in [0.1, 0.15) is 11.5 Å². The first-order valence-corrected chi connectivity index (χ1v) is 8.51. The van der Waals surface area contributed by atoms with E-state index in [0.717, 1.165) is 29.2 Å². The maximum atomic E-state index is 12.5. The van der Waals surface area contributed by atoms with Gasteiger partial charge in [-0.15, -0.1) is 0 Å². The fourth-order valence-electron chi connectivity index (χ4n) is 2.97. The predicted octanol–water partition coefficient (Wildman–Crippen LogP) is 3.29. The highest BCUT2D eigenvalue weighted by Crippen LogP contribution is 2.37. The molecule has 1 atom stereocenters. The van der Waals surface area contributed by atoms with E-state index in [-0.39, 0.29) is 23.2 Å². The van der Waals surface area contributed by atoms with Crippen LogP contribution in [-0.2, 0) is 0 Å². The Balaban J connectivity index is 1.56. The van der Waals surface area contributed by atoms with Crippen LogP contribution >= 0.6 is 0 Å². The van der Waals surface area contributed by atoms with Crippen molar-refractivity contribution in [3.05, 3.63) is 76.0 Å². The van der Waals surface area contributed by atoms with Crippen molar-refractivity contribution in [3.63, 3.8) is 0 Å². The van der Waals surface area contributed by atoms with Crippen LogP contribution in [0.25, 0.3) is 10.8 Å². The summed E-state index contributed by atoms with van der Waals surface area (Å²) in [6, 6.07) is 15.3. The van der Waals surface area contributed by atoms with Crippen LogP contribution in [0.15, 0.2) is 53.3 Å². The third-order valence-corrected chi connectivity index (χ3v) is 4.58. The molecule has 0 aliphatic heterocycles. The van der Waals surface area contributed by atoms with Crippen LogP contribution < -0.4 is 10.9 Å². The summed E-state index contributed by atoms with van der Waals surface area (Å²) in [5.74, 6) is 0.586. The number of benzene rings is 2. The van der Waals surface area contributed by atoms with Crippen LogP contribution in [0.3, 0.4) is 0 Å². The van der Waals surface area contributed by atoms with Gasteiger partial charge in [0.2, 0.25) is 0 Å². The van der Waals surface area contributed by atoms with E-state index in [1.807, 2.05) is 37.3 Å². The fourth-order valence-corrected chi connectivity index (χ4v) is 2.97. The zero-order valence-corrected chi connectivity index (χ0v) is 14.0. The molecule has 1 aliphatic carbocycles. The van der Waals surface area contributed by atoms with E-state index < -0.39 is 0 Å². The third-order valence-electron chi connectivity index (χ3n) is 4.58. The summed E-state index contributed by atoms with van der Waals surface area (Å²) in [6.45, 7) is 1.93. The maximum Gasteiger partial charge on any atom is 0.270 e. The molecule has 0 bridgehead atoms. The molecular formula is C20H19N3O2. The van der Waals surface area contributed by atoms with Crippen molar-refractivity contribution in [2.24, 2.45) is 0 Å². The van der Waals surface area contributed by atoms with Gasteiger partial charge in [-0.05, 0) is 42.2 Å². The zero-order valence-electron chi connectivity index (χ0n) is 14.0. The largest absolute Gasteiger partial charge is 0.344 e. The van der Waals surface area contributed by atoms with Gasteiger partial charge in [0.15, 0.2) is 0 Å². The quantitative estimate of drug-likeness (QED) is 0.769. The van der Waals surface area contributed by atoms with E-state index >= 15 is 0 Å². The second-order valence-corrected chi connectivity index (χ2v) is 6.59. The highest BCUT2D eigenvalue weighted by molar-refractivity contribution is 5.92. The number of amides is 1. The summed E-state index contributed by atoms with van der Waals surface area (Å²) in [4.78, 5) is 31.3. The van der Waals surface area contributed by atoms with Crippen LogP contribution in [0.4, 0.5) is 0 Å². The molecule has 1 aliphatic rings. The number of nitrogens with zero attached hydrogens (tertiary/aromatic N) is 1. The minimum absolute atomic E-state index is 0.178. The SMILES string of the molecule is C[C@@H](NC(=O)c1cc(=O)[nH]c(C2CC2)n1)c1ccc2ccccc2c1. The van der Waals surface area contributed by atoms with Gasteiger partial charge in [-0.2, -0.15) is 0 Å². The molecule has 2 N–H and O–H groups in total. The van der Waals surface area contributed by atoms with E-state index in [9.17, 15) is 9.59 Å². The predicted molar refractivity (Wildman–Crippen MR) is 96.7 cm³/mol. The molecule has 3 aromatic rings. The lowest BCUT2D eigenvalue weighted by atomic mass is 10.0. The first-order valence-electron chi connectivity index (χ1n) is 8.51. The van der Waals surface area contributed by atoms with Crippen LogP contribution in [0.1, 0.15) is 53.6 Å². The molecule has 1 fully saturated rings. The van der Waals surface area contributed by atoms with Crippen molar-refractivity contribution in [3.8, 4) is 0 Å². The smallest absolute Gasteiger partial charge is 0.270 e. The molecule has 5 nitrogen and oxygen atoms in total. The number of carbonyl (C=O) groups is 1. The van der Waals surface area contributed by atoms with E-state index in [2.05, 4.69) is 27.4 Å². The number of H-pyrrole nitrogens is 1. The second kappa shape index (κ2) is 6.16. The second-order valence-electron chi connectivity index (χ2n) is 6.59. The summed E-state index contributed by atoms with van der Waals surface area (Å²) in [7, 11) is 0. The number of aromatic nitrogens is 2. The summed E-state index contributed by atoms with van der Waals surface area (Å²) >= 11 is 0. The molecule has 0 unspecified atom stereocenters. The number of nitrogens with one attached hydrogen (secondary N) is 2. The molecule has 4 rings (SSSR count). The first-order chi connectivity index (χ1) is 12.1. The number of carbonyl (C=O) groups excluding carboxylic acids is 1. The number of rotatable bonds is 4. The van der Waals surface area contributed by atoms with E-state index in [0.29, 0.717) is 11.7 Å². The lowest BCUT2D eigenvalue weighted by Gasteiger charge is -2.15. The number of hydrogen-bond acceptors (Lipinski definition) is 3. The molecule has 1 saturated carbocycles. The molecule has 126 valence electrons. The average Bonchev–Trinajstić information content (AvgIpc) is 3.46. The molecule has 1 heterocycles. The van der Waals surface area contributed by atoms with Crippen LogP contribution in [0.5, 0.6) is 0 Å². The fraction of sp³-hybridized carbons (Fsp3) is 0.250. The molecule has 0 spiro atoms. The van der Waals surface area contributed by atoms with Gasteiger partial charge in [-0.3, -0.25) is 9.59 Å². The normalized spacial score (nSPS) is 15.1. The van der Waals surface area contributed by atoms with Crippen molar-refractivity contribution in [2.45, 2.75) is 31.7 Å². The molecule has 0 radical (unpaired) electrons. The molecule has 1 aromatic heterocycles. The first kappa shape index (κ1) is 15.6. The van der Waals surface area contributed by atoms with Crippen LogP contribution in [-0.4, -0.2) is 15.9 Å². The van der Waals surface area contributed by atoms with Gasteiger partial charge >= 0.3 is 0 Å². The molecule has 2 aromatic carbocycles. The summed E-state index contributed by atoms with van der Waals surface area (Å²) in [5, 5.41) is 5.23. The summed E-state index contributed by atoms with van der Waals surface area (Å²) in [6.07, 6.45) is 2.03. The Labute approximate surface area is 145 Å². The lowest BCUT2D eigenvalue weighted by molar-refractivity contribution is 0.0934. The van der Waals surface area contributed by atoms with E-state index in [1.165, 1.54) is 6.07 Å². The molecule has 5 heteroatoms. The Kier molecular flexibility index (Phi) is 3.84. The third kappa shape index (κ3) is 3.31. The Hall–Kier alpha value is -2.95. The van der Waals surface area contributed by atoms with Crippen LogP contribution in [0, 0.1) is 0 Å². The summed E-state index contributed by atoms with van der Waals surface area (Å²) < 4.78 is 0. The zero-order chi connectivity index (χ0) is 17.4. The van der Waals surface area contributed by atoms with Crippen molar-refractivity contribution in [1.29, 1.82) is 0 Å². The minimum atomic E-state index is -0.325. The van der Waals surface area contributed by atoms with E-state index in [4.69, 9.17) is 0 Å². The van der Waals surface area contributed by atoms with Gasteiger partial charge < -0.3 is 10.3 Å². The minimum Gasteiger partial charge on any atom is -0.344 e. The van der Waals surface area contributed by atoms with Gasteiger partial charge in [0.25, 0.3) is 11.5 Å². The Morgan fingerprint density at radius 3 is 2.68 bits per heavy atom. The Morgan fingerprint density at radius 2 is 1.92 bits per heavy atom. The van der Waals surface area contributed by atoms with Crippen molar-refractivity contribution < 1.29 is 4.79 Å². The highest BCUT2D eigenvalue weighted by atomic mass is 16.2. The topological polar surface area (TPSA) is 74.8 Å². The monoisotopic (exact) mass is 333 g/mol. The van der Waals surface area contributed by atoms with Gasteiger partial charge in [-0.1, -0.05) is 36.4 Å². The molecule has 25 heavy (non-hydrogen) atoms. The average molecular weight is 333 g/mol. The number of fused-ring (bicyclic) bond motifs is 1. The van der Waals surface area contributed by atoms with E-state index in [1.54, 1.807) is 0 Å².